The Labute approximate surface area is 99.9 Å². The minimum atomic E-state index is -0.393. The highest BCUT2D eigenvalue weighted by atomic mass is 16.6. The third kappa shape index (κ3) is 2.94. The van der Waals surface area contributed by atoms with Crippen LogP contribution in [-0.4, -0.2) is 18.1 Å². The Morgan fingerprint density at radius 2 is 2.24 bits per heavy atom. The van der Waals surface area contributed by atoms with E-state index in [0.29, 0.717) is 18.3 Å². The number of methoxy groups -OCH3 is 1. The average Bonchev–Trinajstić information content (AvgIpc) is 2.26. The molecule has 0 aromatic heterocycles. The molecule has 2 rings (SSSR count). The number of rotatable bonds is 5. The Hall–Kier alpha value is -1.62. The van der Waals surface area contributed by atoms with Crippen LogP contribution in [0.1, 0.15) is 24.8 Å². The second-order valence-electron chi connectivity index (χ2n) is 4.31. The van der Waals surface area contributed by atoms with Crippen molar-refractivity contribution < 1.29 is 9.66 Å². The summed E-state index contributed by atoms with van der Waals surface area (Å²) in [6.45, 7) is 0.655. The van der Waals surface area contributed by atoms with Gasteiger partial charge in [-0.05, 0) is 24.5 Å². The van der Waals surface area contributed by atoms with Gasteiger partial charge in [0.05, 0.1) is 18.1 Å². The smallest absolute Gasteiger partial charge is 0.273 e. The number of hydrogen-bond donors (Lipinski definition) is 1. The normalized spacial score (nSPS) is 15.4. The van der Waals surface area contributed by atoms with Crippen LogP contribution in [0.3, 0.4) is 0 Å². The summed E-state index contributed by atoms with van der Waals surface area (Å²) >= 11 is 0. The molecule has 1 aliphatic rings. The highest BCUT2D eigenvalue weighted by Crippen LogP contribution is 2.23. The van der Waals surface area contributed by atoms with E-state index in [2.05, 4.69) is 5.32 Å². The summed E-state index contributed by atoms with van der Waals surface area (Å²) in [5.74, 6) is 0.532. The summed E-state index contributed by atoms with van der Waals surface area (Å²) in [4.78, 5) is 10.4. The Bertz CT molecular complexity index is 416. The van der Waals surface area contributed by atoms with Gasteiger partial charge in [-0.25, -0.2) is 0 Å². The summed E-state index contributed by atoms with van der Waals surface area (Å²) in [6, 6.07) is 5.43. The fourth-order valence-corrected chi connectivity index (χ4v) is 1.84. The fourth-order valence-electron chi connectivity index (χ4n) is 1.84. The van der Waals surface area contributed by atoms with E-state index >= 15 is 0 Å². The van der Waals surface area contributed by atoms with E-state index in [9.17, 15) is 10.1 Å². The first kappa shape index (κ1) is 11.9. The van der Waals surface area contributed by atoms with Crippen LogP contribution < -0.4 is 10.1 Å². The van der Waals surface area contributed by atoms with Gasteiger partial charge in [0.15, 0.2) is 0 Å². The maximum Gasteiger partial charge on any atom is 0.273 e. The Kier molecular flexibility index (Phi) is 3.58. The van der Waals surface area contributed by atoms with Gasteiger partial charge in [-0.3, -0.25) is 10.1 Å². The molecule has 0 aliphatic heterocycles. The van der Waals surface area contributed by atoms with E-state index in [4.69, 9.17) is 4.74 Å². The number of benzene rings is 1. The Morgan fingerprint density at radius 3 is 2.76 bits per heavy atom. The molecule has 0 unspecified atom stereocenters. The Morgan fingerprint density at radius 1 is 1.47 bits per heavy atom. The summed E-state index contributed by atoms with van der Waals surface area (Å²) in [5, 5.41) is 14.1. The second kappa shape index (κ2) is 5.14. The quantitative estimate of drug-likeness (QED) is 0.629. The van der Waals surface area contributed by atoms with Crippen molar-refractivity contribution in [3.8, 4) is 5.75 Å². The van der Waals surface area contributed by atoms with Crippen LogP contribution in [0.2, 0.25) is 0 Å². The number of hydrogen-bond acceptors (Lipinski definition) is 4. The molecule has 1 aromatic carbocycles. The van der Waals surface area contributed by atoms with Crippen molar-refractivity contribution in [2.24, 2.45) is 0 Å². The van der Waals surface area contributed by atoms with Gasteiger partial charge in [-0.15, -0.1) is 0 Å². The highest BCUT2D eigenvalue weighted by Gasteiger charge is 2.17. The van der Waals surface area contributed by atoms with Crippen LogP contribution in [0.5, 0.6) is 5.75 Å². The summed E-state index contributed by atoms with van der Waals surface area (Å²) in [6.07, 6.45) is 3.67. The first-order chi connectivity index (χ1) is 8.19. The first-order valence-electron chi connectivity index (χ1n) is 5.75. The zero-order valence-electron chi connectivity index (χ0n) is 9.81. The molecular formula is C12H16N2O3. The average molecular weight is 236 g/mol. The molecule has 0 amide bonds. The van der Waals surface area contributed by atoms with Gasteiger partial charge in [-0.1, -0.05) is 6.42 Å². The third-order valence-corrected chi connectivity index (χ3v) is 3.10. The van der Waals surface area contributed by atoms with E-state index in [1.807, 2.05) is 6.07 Å². The van der Waals surface area contributed by atoms with Crippen molar-refractivity contribution in [1.82, 2.24) is 5.32 Å². The summed E-state index contributed by atoms with van der Waals surface area (Å²) in [5.41, 5.74) is 0.970. The first-order valence-corrected chi connectivity index (χ1v) is 5.75. The van der Waals surface area contributed by atoms with Gasteiger partial charge < -0.3 is 10.1 Å². The van der Waals surface area contributed by atoms with Gasteiger partial charge in [-0.2, -0.15) is 0 Å². The number of nitrogens with zero attached hydrogens (tertiary/aromatic N) is 1. The lowest BCUT2D eigenvalue weighted by Gasteiger charge is -2.26. The molecule has 1 saturated carbocycles. The standard InChI is InChI=1S/C12H16N2O3/c1-17-12-6-9(5-11(7-12)14(15)16)8-13-10-3-2-4-10/h5-7,10,13H,2-4,8H2,1H3. The lowest BCUT2D eigenvalue weighted by atomic mass is 9.93. The van der Waals surface area contributed by atoms with Crippen molar-refractivity contribution in [3.63, 3.8) is 0 Å². The zero-order valence-corrected chi connectivity index (χ0v) is 9.81. The van der Waals surface area contributed by atoms with E-state index in [-0.39, 0.29) is 5.69 Å². The fraction of sp³-hybridized carbons (Fsp3) is 0.500. The van der Waals surface area contributed by atoms with Gasteiger partial charge in [0.25, 0.3) is 5.69 Å². The molecule has 0 radical (unpaired) electrons. The van der Waals surface area contributed by atoms with E-state index < -0.39 is 4.92 Å². The number of ether oxygens (including phenoxy) is 1. The molecule has 92 valence electrons. The number of nitrogens with one attached hydrogen (secondary N) is 1. The topological polar surface area (TPSA) is 64.4 Å². The molecule has 0 heterocycles. The van der Waals surface area contributed by atoms with Crippen LogP contribution in [0.15, 0.2) is 18.2 Å². The number of nitro benzene ring substituents is 1. The molecule has 5 nitrogen and oxygen atoms in total. The van der Waals surface area contributed by atoms with E-state index in [1.165, 1.54) is 32.4 Å². The minimum Gasteiger partial charge on any atom is -0.496 e. The van der Waals surface area contributed by atoms with Crippen LogP contribution >= 0.6 is 0 Å². The second-order valence-corrected chi connectivity index (χ2v) is 4.31. The molecule has 17 heavy (non-hydrogen) atoms. The molecule has 1 aromatic rings. The maximum atomic E-state index is 10.8. The van der Waals surface area contributed by atoms with Gasteiger partial charge in [0.2, 0.25) is 0 Å². The van der Waals surface area contributed by atoms with E-state index in [1.54, 1.807) is 6.07 Å². The molecule has 1 N–H and O–H groups in total. The summed E-state index contributed by atoms with van der Waals surface area (Å²) < 4.78 is 5.06. The predicted octanol–water partition coefficient (Wildman–Crippen LogP) is 2.25. The van der Waals surface area contributed by atoms with Crippen molar-refractivity contribution in [2.75, 3.05) is 7.11 Å². The lowest BCUT2D eigenvalue weighted by molar-refractivity contribution is -0.385. The van der Waals surface area contributed by atoms with Crippen LogP contribution in [0.25, 0.3) is 0 Å². The molecule has 1 fully saturated rings. The third-order valence-electron chi connectivity index (χ3n) is 3.10. The molecule has 0 saturated heterocycles. The van der Waals surface area contributed by atoms with Crippen molar-refractivity contribution in [3.05, 3.63) is 33.9 Å². The SMILES string of the molecule is COc1cc(CNC2CCC2)cc([N+](=O)[O-])c1. The molecule has 0 atom stereocenters. The lowest BCUT2D eigenvalue weighted by Crippen LogP contribution is -2.34. The maximum absolute atomic E-state index is 10.8. The monoisotopic (exact) mass is 236 g/mol. The summed E-state index contributed by atoms with van der Waals surface area (Å²) in [7, 11) is 1.52. The zero-order chi connectivity index (χ0) is 12.3. The number of nitro groups is 1. The van der Waals surface area contributed by atoms with Gasteiger partial charge >= 0.3 is 0 Å². The van der Waals surface area contributed by atoms with Gasteiger partial charge in [0, 0.05) is 18.7 Å². The molecular weight excluding hydrogens is 220 g/mol. The predicted molar refractivity (Wildman–Crippen MR) is 64.1 cm³/mol. The van der Waals surface area contributed by atoms with E-state index in [0.717, 1.165) is 5.56 Å². The van der Waals surface area contributed by atoms with Crippen molar-refractivity contribution in [2.45, 2.75) is 31.8 Å². The van der Waals surface area contributed by atoms with Crippen molar-refractivity contribution >= 4 is 5.69 Å². The largest absolute Gasteiger partial charge is 0.496 e. The molecule has 0 spiro atoms. The molecule has 5 heteroatoms. The number of non-ortho nitro benzene ring substituents is 1. The molecule has 1 aliphatic carbocycles. The van der Waals surface area contributed by atoms with Crippen LogP contribution in [0.4, 0.5) is 5.69 Å². The van der Waals surface area contributed by atoms with Crippen molar-refractivity contribution in [1.29, 1.82) is 0 Å². The van der Waals surface area contributed by atoms with Gasteiger partial charge in [0.1, 0.15) is 5.75 Å². The highest BCUT2D eigenvalue weighted by molar-refractivity contribution is 5.42. The van der Waals surface area contributed by atoms with Crippen LogP contribution in [-0.2, 0) is 6.54 Å². The van der Waals surface area contributed by atoms with Crippen LogP contribution in [0, 0.1) is 10.1 Å². The molecule has 0 bridgehead atoms. The Balaban J connectivity index is 2.08. The minimum absolute atomic E-state index is 0.0785.